The molecule has 0 spiro atoms. The third-order valence-corrected chi connectivity index (χ3v) is 6.84. The van der Waals surface area contributed by atoms with Gasteiger partial charge in [0.25, 0.3) is 11.8 Å². The molecule has 0 saturated heterocycles. The third-order valence-electron chi connectivity index (χ3n) is 5.66. The molecule has 1 aliphatic rings. The van der Waals surface area contributed by atoms with E-state index in [0.717, 1.165) is 23.9 Å². The number of hydrogen-bond donors (Lipinski definition) is 2. The summed E-state index contributed by atoms with van der Waals surface area (Å²) in [6, 6.07) is 15.2. The van der Waals surface area contributed by atoms with Crippen molar-refractivity contribution in [1.82, 2.24) is 4.90 Å². The summed E-state index contributed by atoms with van der Waals surface area (Å²) in [6.45, 7) is 2.82. The monoisotopic (exact) mass is 513 g/mol. The second-order valence-electron chi connectivity index (χ2n) is 7.94. The van der Waals surface area contributed by atoms with Crippen LogP contribution < -0.4 is 10.6 Å². The van der Waals surface area contributed by atoms with E-state index in [1.165, 1.54) is 4.90 Å². The molecule has 1 unspecified atom stereocenters. The van der Waals surface area contributed by atoms with Gasteiger partial charge in [-0.05, 0) is 59.6 Å². The lowest BCUT2D eigenvalue weighted by Gasteiger charge is -2.27. The zero-order valence-corrected chi connectivity index (χ0v) is 20.6. The third kappa shape index (κ3) is 5.31. The molecule has 3 aromatic carbocycles. The average molecular weight is 514 g/mol. The number of halogens is 1. The van der Waals surface area contributed by atoms with E-state index in [4.69, 9.17) is 15.4 Å². The van der Waals surface area contributed by atoms with Crippen LogP contribution in [0.5, 0.6) is 0 Å². The summed E-state index contributed by atoms with van der Waals surface area (Å²) in [6.07, 6.45) is 1.02. The van der Waals surface area contributed by atoms with Crippen molar-refractivity contribution in [2.45, 2.75) is 24.7 Å². The fraction of sp³-hybridized carbons (Fsp3) is 0.240. The number of amides is 3. The molecule has 0 saturated carbocycles. The van der Waals surface area contributed by atoms with Crippen LogP contribution in [-0.2, 0) is 14.7 Å². The number of ether oxygens (including phenoxy) is 1. The highest BCUT2D eigenvalue weighted by Gasteiger charge is 2.32. The number of nitrogens with one attached hydrogen (secondary N) is 2. The minimum Gasteiger partial charge on any atom is -0.447 e. The summed E-state index contributed by atoms with van der Waals surface area (Å²) >= 11 is 0. The molecule has 0 radical (unpaired) electrons. The first-order valence-electron chi connectivity index (χ1n) is 11.2. The van der Waals surface area contributed by atoms with Crippen LogP contribution in [-0.4, -0.2) is 46.7 Å². The molecule has 0 fully saturated rings. The van der Waals surface area contributed by atoms with E-state index in [-0.39, 0.29) is 18.4 Å². The van der Waals surface area contributed by atoms with Crippen LogP contribution in [0.3, 0.4) is 0 Å². The Bertz CT molecular complexity index is 1290. The number of imide groups is 1. The topological polar surface area (TPSA) is 105 Å². The first-order valence-corrected chi connectivity index (χ1v) is 13.2. The maximum absolute atomic E-state index is 13.0. The van der Waals surface area contributed by atoms with Gasteiger partial charge in [0.1, 0.15) is 16.6 Å². The van der Waals surface area contributed by atoms with Gasteiger partial charge in [-0.15, -0.1) is 0 Å². The summed E-state index contributed by atoms with van der Waals surface area (Å²) in [5.41, 5.74) is 2.24. The van der Waals surface area contributed by atoms with Gasteiger partial charge in [-0.1, -0.05) is 25.5 Å². The molecule has 0 aliphatic carbocycles. The molecular weight excluding hydrogens is 490 g/mol. The van der Waals surface area contributed by atoms with Crippen LogP contribution in [0.15, 0.2) is 59.5 Å². The quantitative estimate of drug-likeness (QED) is 0.233. The number of unbranched alkanes of at least 4 members (excludes halogenated alkanes) is 1. The Balaban J connectivity index is 1.39. The minimum atomic E-state index is -1.61. The van der Waals surface area contributed by atoms with Crippen LogP contribution in [0.2, 0.25) is 0 Å². The standard InChI is InChI=1S/C25H24ClN3O5S/c1-2-3-14-29-23(30)19-6-4-5-18-21(12-11-20(22(18)19)24(29)31)27-13-15-34-25(32)28-16-7-9-17(10-8-16)35(26)33/h4-12,27H,2-3,13-15H2,1H3,(H,28,32). The Morgan fingerprint density at radius 1 is 1.03 bits per heavy atom. The van der Waals surface area contributed by atoms with E-state index >= 15 is 0 Å². The number of hydrogen-bond acceptors (Lipinski definition) is 6. The molecule has 182 valence electrons. The summed E-state index contributed by atoms with van der Waals surface area (Å²) < 4.78 is 16.4. The van der Waals surface area contributed by atoms with Crippen molar-refractivity contribution >= 4 is 60.8 Å². The zero-order valence-electron chi connectivity index (χ0n) is 19.0. The molecule has 35 heavy (non-hydrogen) atoms. The second kappa shape index (κ2) is 10.9. The molecule has 1 atom stereocenters. The van der Waals surface area contributed by atoms with Crippen molar-refractivity contribution in [1.29, 1.82) is 0 Å². The second-order valence-corrected chi connectivity index (χ2v) is 9.70. The van der Waals surface area contributed by atoms with Crippen molar-refractivity contribution in [3.05, 3.63) is 65.7 Å². The number of rotatable bonds is 9. The lowest BCUT2D eigenvalue weighted by atomic mass is 9.93. The molecule has 4 rings (SSSR count). The highest BCUT2D eigenvalue weighted by atomic mass is 35.7. The molecule has 8 nitrogen and oxygen atoms in total. The Morgan fingerprint density at radius 3 is 2.43 bits per heavy atom. The number of nitrogens with zero attached hydrogens (tertiary/aromatic N) is 1. The van der Waals surface area contributed by atoms with E-state index in [0.29, 0.717) is 40.2 Å². The Labute approximate surface area is 209 Å². The van der Waals surface area contributed by atoms with Crippen molar-refractivity contribution in [2.24, 2.45) is 0 Å². The van der Waals surface area contributed by atoms with Crippen molar-refractivity contribution in [3.63, 3.8) is 0 Å². The summed E-state index contributed by atoms with van der Waals surface area (Å²) in [5.74, 6) is -0.548. The molecule has 2 N–H and O–H groups in total. The van der Waals surface area contributed by atoms with Crippen molar-refractivity contribution in [2.75, 3.05) is 30.3 Å². The maximum atomic E-state index is 13.0. The van der Waals surface area contributed by atoms with E-state index in [1.807, 2.05) is 13.0 Å². The highest BCUT2D eigenvalue weighted by molar-refractivity contribution is 8.08. The molecule has 0 bridgehead atoms. The number of carbonyl (C=O) groups is 3. The SMILES string of the molecule is CCCCN1C(=O)c2cccc3c(NCCOC(=O)Nc4ccc(S(=O)Cl)cc4)ccc(c23)C1=O. The minimum absolute atomic E-state index is 0.0845. The summed E-state index contributed by atoms with van der Waals surface area (Å²) in [4.78, 5) is 39.7. The van der Waals surface area contributed by atoms with Crippen LogP contribution in [0.1, 0.15) is 40.5 Å². The Morgan fingerprint density at radius 2 is 1.74 bits per heavy atom. The molecule has 1 heterocycles. The smallest absolute Gasteiger partial charge is 0.411 e. The molecular formula is C25H24ClN3O5S. The van der Waals surface area contributed by atoms with Gasteiger partial charge in [0.2, 0.25) is 0 Å². The molecule has 1 aliphatic heterocycles. The Hall–Kier alpha value is -3.43. The zero-order chi connectivity index (χ0) is 24.9. The largest absolute Gasteiger partial charge is 0.447 e. The molecule has 3 aromatic rings. The number of benzene rings is 3. The molecule has 3 amide bonds. The van der Waals surface area contributed by atoms with Gasteiger partial charge in [0.15, 0.2) is 0 Å². The van der Waals surface area contributed by atoms with E-state index in [2.05, 4.69) is 10.6 Å². The maximum Gasteiger partial charge on any atom is 0.411 e. The molecule has 0 aromatic heterocycles. The Kier molecular flexibility index (Phi) is 7.67. The predicted molar refractivity (Wildman–Crippen MR) is 136 cm³/mol. The van der Waals surface area contributed by atoms with Gasteiger partial charge < -0.3 is 10.1 Å². The van der Waals surface area contributed by atoms with Gasteiger partial charge in [-0.3, -0.25) is 19.8 Å². The lowest BCUT2D eigenvalue weighted by Crippen LogP contribution is -2.40. The molecule has 10 heteroatoms. The summed E-state index contributed by atoms with van der Waals surface area (Å²) in [7, 11) is 3.91. The van der Waals surface area contributed by atoms with Crippen molar-refractivity contribution in [3.8, 4) is 0 Å². The fourth-order valence-electron chi connectivity index (χ4n) is 3.95. The van der Waals surface area contributed by atoms with Crippen LogP contribution >= 0.6 is 10.7 Å². The highest BCUT2D eigenvalue weighted by Crippen LogP contribution is 2.34. The van der Waals surface area contributed by atoms with Gasteiger partial charge in [0, 0.05) is 46.4 Å². The van der Waals surface area contributed by atoms with Crippen LogP contribution in [0.4, 0.5) is 16.2 Å². The van der Waals surface area contributed by atoms with Gasteiger partial charge in [-0.2, -0.15) is 0 Å². The van der Waals surface area contributed by atoms with E-state index in [9.17, 15) is 18.6 Å². The van der Waals surface area contributed by atoms with E-state index < -0.39 is 16.1 Å². The first-order chi connectivity index (χ1) is 16.9. The van der Waals surface area contributed by atoms with Gasteiger partial charge in [-0.25, -0.2) is 9.00 Å². The van der Waals surface area contributed by atoms with E-state index in [1.54, 1.807) is 48.5 Å². The lowest BCUT2D eigenvalue weighted by molar-refractivity contribution is 0.0608. The van der Waals surface area contributed by atoms with Gasteiger partial charge in [0.05, 0.1) is 4.90 Å². The first kappa shape index (κ1) is 24.7. The summed E-state index contributed by atoms with van der Waals surface area (Å²) in [5, 5.41) is 7.20. The van der Waals surface area contributed by atoms with Gasteiger partial charge >= 0.3 is 6.09 Å². The normalized spacial score (nSPS) is 13.6. The number of carbonyl (C=O) groups excluding carboxylic acids is 3. The van der Waals surface area contributed by atoms with Crippen molar-refractivity contribution < 1.29 is 23.3 Å². The van der Waals surface area contributed by atoms with Crippen LogP contribution in [0.25, 0.3) is 10.8 Å². The predicted octanol–water partition coefficient (Wildman–Crippen LogP) is 5.16. The number of anilines is 2. The van der Waals surface area contributed by atoms with Crippen LogP contribution in [0, 0.1) is 0 Å². The fourth-order valence-corrected chi connectivity index (χ4v) is 4.61. The average Bonchev–Trinajstić information content (AvgIpc) is 2.85.